The third-order valence-electron chi connectivity index (χ3n) is 2.68. The molecule has 3 nitrogen and oxygen atoms in total. The van der Waals surface area contributed by atoms with E-state index in [1.165, 1.54) is 0 Å². The predicted molar refractivity (Wildman–Crippen MR) is 66.7 cm³/mol. The Labute approximate surface area is 100 Å². The molecule has 90 valence electrons. The van der Waals surface area contributed by atoms with Gasteiger partial charge in [0.05, 0.1) is 12.0 Å². The van der Waals surface area contributed by atoms with Gasteiger partial charge in [-0.15, -0.1) is 0 Å². The second-order valence-corrected chi connectivity index (χ2v) is 4.70. The van der Waals surface area contributed by atoms with Gasteiger partial charge in [-0.2, -0.15) is 11.3 Å². The Bertz CT molecular complexity index is 311. The standard InChI is InChI=1S/C12H19NO2S/c1-3-11(14)4-6-13-12(15)9(2)10-5-7-16-8-10/h5,7-9,11,14H,3-4,6H2,1-2H3,(H,13,15). The lowest BCUT2D eigenvalue weighted by molar-refractivity contribution is -0.122. The molecule has 2 atom stereocenters. The average Bonchev–Trinajstić information content (AvgIpc) is 2.81. The fourth-order valence-electron chi connectivity index (χ4n) is 1.39. The Kier molecular flexibility index (Phi) is 5.49. The van der Waals surface area contributed by atoms with Crippen LogP contribution >= 0.6 is 11.3 Å². The number of rotatable bonds is 6. The van der Waals surface area contributed by atoms with Gasteiger partial charge in [0.25, 0.3) is 0 Å². The molecule has 1 amide bonds. The summed E-state index contributed by atoms with van der Waals surface area (Å²) in [6.45, 7) is 4.37. The van der Waals surface area contributed by atoms with Gasteiger partial charge in [0.15, 0.2) is 0 Å². The van der Waals surface area contributed by atoms with Gasteiger partial charge in [0, 0.05) is 6.54 Å². The third kappa shape index (κ3) is 3.94. The highest BCUT2D eigenvalue weighted by molar-refractivity contribution is 7.08. The summed E-state index contributed by atoms with van der Waals surface area (Å²) >= 11 is 1.60. The Hall–Kier alpha value is -0.870. The van der Waals surface area contributed by atoms with E-state index in [1.54, 1.807) is 11.3 Å². The zero-order valence-corrected chi connectivity index (χ0v) is 10.6. The number of hydrogen-bond acceptors (Lipinski definition) is 3. The number of aliphatic hydroxyl groups is 1. The average molecular weight is 241 g/mol. The van der Waals surface area contributed by atoms with Crippen LogP contribution in [0.15, 0.2) is 16.8 Å². The molecule has 0 saturated heterocycles. The van der Waals surface area contributed by atoms with Gasteiger partial charge in [-0.25, -0.2) is 0 Å². The first-order valence-corrected chi connectivity index (χ1v) is 6.57. The molecule has 0 radical (unpaired) electrons. The van der Waals surface area contributed by atoms with Gasteiger partial charge in [-0.1, -0.05) is 6.92 Å². The maximum absolute atomic E-state index is 11.7. The van der Waals surface area contributed by atoms with Crippen LogP contribution in [0.4, 0.5) is 0 Å². The fourth-order valence-corrected chi connectivity index (χ4v) is 2.15. The number of thiophene rings is 1. The molecule has 0 spiro atoms. The van der Waals surface area contributed by atoms with Crippen molar-refractivity contribution in [3.8, 4) is 0 Å². The Morgan fingerprint density at radius 3 is 2.94 bits per heavy atom. The topological polar surface area (TPSA) is 49.3 Å². The van der Waals surface area contributed by atoms with E-state index < -0.39 is 0 Å². The largest absolute Gasteiger partial charge is 0.393 e. The van der Waals surface area contributed by atoms with E-state index in [4.69, 9.17) is 0 Å². The van der Waals surface area contributed by atoms with E-state index in [0.29, 0.717) is 13.0 Å². The predicted octanol–water partition coefficient (Wildman–Crippen LogP) is 2.13. The van der Waals surface area contributed by atoms with E-state index >= 15 is 0 Å². The third-order valence-corrected chi connectivity index (χ3v) is 3.39. The molecule has 2 N–H and O–H groups in total. The van der Waals surface area contributed by atoms with Crippen molar-refractivity contribution in [2.24, 2.45) is 0 Å². The highest BCUT2D eigenvalue weighted by atomic mass is 32.1. The van der Waals surface area contributed by atoms with Crippen molar-refractivity contribution in [1.82, 2.24) is 5.32 Å². The molecule has 0 saturated carbocycles. The monoisotopic (exact) mass is 241 g/mol. The van der Waals surface area contributed by atoms with Crippen LogP contribution in [0.5, 0.6) is 0 Å². The van der Waals surface area contributed by atoms with Gasteiger partial charge < -0.3 is 10.4 Å². The summed E-state index contributed by atoms with van der Waals surface area (Å²) in [7, 11) is 0. The molecule has 1 aromatic rings. The van der Waals surface area contributed by atoms with E-state index in [9.17, 15) is 9.90 Å². The Balaban J connectivity index is 2.30. The number of carbonyl (C=O) groups is 1. The summed E-state index contributed by atoms with van der Waals surface area (Å²) in [4.78, 5) is 11.7. The van der Waals surface area contributed by atoms with E-state index in [2.05, 4.69) is 5.32 Å². The molecule has 16 heavy (non-hydrogen) atoms. The van der Waals surface area contributed by atoms with Gasteiger partial charge in [-0.05, 0) is 42.2 Å². The smallest absolute Gasteiger partial charge is 0.227 e. The molecule has 0 aromatic carbocycles. The molecule has 0 aliphatic carbocycles. The second kappa shape index (κ2) is 6.66. The summed E-state index contributed by atoms with van der Waals surface area (Å²) in [5.41, 5.74) is 1.05. The lowest BCUT2D eigenvalue weighted by Crippen LogP contribution is -2.30. The molecule has 2 unspecified atom stereocenters. The quantitative estimate of drug-likeness (QED) is 0.801. The van der Waals surface area contributed by atoms with Gasteiger partial charge in [0.1, 0.15) is 0 Å². The summed E-state index contributed by atoms with van der Waals surface area (Å²) in [6, 6.07) is 1.97. The van der Waals surface area contributed by atoms with Gasteiger partial charge in [-0.3, -0.25) is 4.79 Å². The Morgan fingerprint density at radius 1 is 1.62 bits per heavy atom. The molecule has 0 aliphatic heterocycles. The van der Waals surface area contributed by atoms with E-state index in [0.717, 1.165) is 12.0 Å². The first-order chi connectivity index (χ1) is 7.65. The van der Waals surface area contributed by atoms with Crippen molar-refractivity contribution in [2.75, 3.05) is 6.54 Å². The minimum absolute atomic E-state index is 0.0294. The van der Waals surface area contributed by atoms with Gasteiger partial charge >= 0.3 is 0 Å². The summed E-state index contributed by atoms with van der Waals surface area (Å²) < 4.78 is 0. The SMILES string of the molecule is CCC(O)CCNC(=O)C(C)c1ccsc1. The number of carbonyl (C=O) groups excluding carboxylic acids is 1. The van der Waals surface area contributed by atoms with Crippen molar-refractivity contribution in [3.63, 3.8) is 0 Å². The molecular formula is C12H19NO2S. The second-order valence-electron chi connectivity index (χ2n) is 3.92. The first-order valence-electron chi connectivity index (χ1n) is 5.63. The summed E-state index contributed by atoms with van der Waals surface area (Å²) in [6.07, 6.45) is 1.05. The summed E-state index contributed by atoms with van der Waals surface area (Å²) in [5.74, 6) is -0.0771. The van der Waals surface area contributed by atoms with Crippen LogP contribution < -0.4 is 5.32 Å². The van der Waals surface area contributed by atoms with Crippen LogP contribution in [-0.4, -0.2) is 23.7 Å². The van der Waals surface area contributed by atoms with Crippen LogP contribution in [0.25, 0.3) is 0 Å². The van der Waals surface area contributed by atoms with Crippen molar-refractivity contribution >= 4 is 17.2 Å². The molecule has 0 bridgehead atoms. The van der Waals surface area contributed by atoms with E-state index in [1.807, 2.05) is 30.7 Å². The van der Waals surface area contributed by atoms with Crippen molar-refractivity contribution in [1.29, 1.82) is 0 Å². The van der Waals surface area contributed by atoms with Crippen LogP contribution in [-0.2, 0) is 4.79 Å². The molecule has 1 rings (SSSR count). The first kappa shape index (κ1) is 13.2. The summed E-state index contributed by atoms with van der Waals surface area (Å²) in [5, 5.41) is 16.1. The minimum Gasteiger partial charge on any atom is -0.393 e. The molecule has 1 aromatic heterocycles. The number of amides is 1. The van der Waals surface area contributed by atoms with E-state index in [-0.39, 0.29) is 17.9 Å². The lowest BCUT2D eigenvalue weighted by atomic mass is 10.0. The maximum atomic E-state index is 11.7. The molecule has 1 heterocycles. The molecule has 0 fully saturated rings. The molecule has 0 aliphatic rings. The van der Waals surface area contributed by atoms with Crippen molar-refractivity contribution < 1.29 is 9.90 Å². The van der Waals surface area contributed by atoms with Crippen LogP contribution in [0.1, 0.15) is 38.2 Å². The molecular weight excluding hydrogens is 222 g/mol. The minimum atomic E-state index is -0.309. The van der Waals surface area contributed by atoms with Crippen molar-refractivity contribution in [2.45, 2.75) is 38.7 Å². The Morgan fingerprint density at radius 2 is 2.38 bits per heavy atom. The zero-order chi connectivity index (χ0) is 12.0. The molecule has 4 heteroatoms. The van der Waals surface area contributed by atoms with Crippen molar-refractivity contribution in [3.05, 3.63) is 22.4 Å². The van der Waals surface area contributed by atoms with Crippen LogP contribution in [0.2, 0.25) is 0 Å². The highest BCUT2D eigenvalue weighted by Gasteiger charge is 2.14. The number of aliphatic hydroxyl groups excluding tert-OH is 1. The van der Waals surface area contributed by atoms with Gasteiger partial charge in [0.2, 0.25) is 5.91 Å². The van der Waals surface area contributed by atoms with Crippen LogP contribution in [0, 0.1) is 0 Å². The van der Waals surface area contributed by atoms with Crippen LogP contribution in [0.3, 0.4) is 0 Å². The number of nitrogens with one attached hydrogen (secondary N) is 1. The fraction of sp³-hybridized carbons (Fsp3) is 0.583. The number of hydrogen-bond donors (Lipinski definition) is 2. The normalized spacial score (nSPS) is 14.4. The highest BCUT2D eigenvalue weighted by Crippen LogP contribution is 2.17. The lowest BCUT2D eigenvalue weighted by Gasteiger charge is -2.12. The maximum Gasteiger partial charge on any atom is 0.227 e. The zero-order valence-electron chi connectivity index (χ0n) is 9.77.